The third kappa shape index (κ3) is 6.19. The Morgan fingerprint density at radius 2 is 1.74 bits per heavy atom. The lowest BCUT2D eigenvalue weighted by atomic mass is 10.0. The van der Waals surface area contributed by atoms with E-state index in [0.717, 1.165) is 19.2 Å². The largest absolute Gasteiger partial charge is 0.416 e. The zero-order valence-corrected chi connectivity index (χ0v) is 22.5. The molecule has 3 heterocycles. The Kier molecular flexibility index (Phi) is 7.82. The van der Waals surface area contributed by atoms with E-state index in [0.29, 0.717) is 35.5 Å². The second kappa shape index (κ2) is 11.1. The van der Waals surface area contributed by atoms with Gasteiger partial charge in [-0.05, 0) is 54.6 Å². The molecular formula is C27H25Cl2F3N6O. The summed E-state index contributed by atoms with van der Waals surface area (Å²) in [6.45, 7) is 3.19. The highest BCUT2D eigenvalue weighted by Crippen LogP contribution is 2.35. The molecule has 1 aliphatic heterocycles. The molecule has 204 valence electrons. The summed E-state index contributed by atoms with van der Waals surface area (Å²) in [7, 11) is 1.99. The molecule has 0 atom stereocenters. The lowest BCUT2D eigenvalue weighted by Gasteiger charge is -2.33. The van der Waals surface area contributed by atoms with Crippen LogP contribution in [-0.4, -0.2) is 63.5 Å². The van der Waals surface area contributed by atoms with Crippen molar-refractivity contribution < 1.29 is 18.0 Å². The Labute approximate surface area is 233 Å². The highest BCUT2D eigenvalue weighted by Gasteiger charge is 2.34. The number of hydrogen-bond acceptors (Lipinski definition) is 5. The summed E-state index contributed by atoms with van der Waals surface area (Å²) in [5.74, 6) is -0.541. The minimum atomic E-state index is -4.56. The number of hydrogen-bond donors (Lipinski definition) is 1. The van der Waals surface area contributed by atoms with Gasteiger partial charge in [0.1, 0.15) is 11.8 Å². The van der Waals surface area contributed by atoms with Gasteiger partial charge in [-0.1, -0.05) is 29.3 Å². The molecule has 4 aromatic rings. The minimum absolute atomic E-state index is 0.0503. The van der Waals surface area contributed by atoms with Crippen molar-refractivity contribution in [2.24, 2.45) is 0 Å². The standard InChI is InChI=1S/C27H25Cl2F3N6O/c1-36-7-9-37(10-8-36)15-17-4-5-18(11-21(17)27(30,31)32)35-25(39)14-20-22(28)12-19(13-23(20)29)38-16-34-24-3-2-6-33-26(24)38/h2-6,11-13,16H,7-10,14-15H2,1H3,(H,35,39). The first-order chi connectivity index (χ1) is 18.6. The fourth-order valence-corrected chi connectivity index (χ4v) is 5.21. The Morgan fingerprint density at radius 1 is 1.03 bits per heavy atom. The molecule has 2 aromatic carbocycles. The highest BCUT2D eigenvalue weighted by molar-refractivity contribution is 6.36. The van der Waals surface area contributed by atoms with Gasteiger partial charge in [0.25, 0.3) is 0 Å². The lowest BCUT2D eigenvalue weighted by Crippen LogP contribution is -2.44. The molecule has 12 heteroatoms. The first-order valence-electron chi connectivity index (χ1n) is 12.3. The zero-order valence-electron chi connectivity index (χ0n) is 21.0. The van der Waals surface area contributed by atoms with Gasteiger partial charge in [-0.15, -0.1) is 0 Å². The van der Waals surface area contributed by atoms with Crippen LogP contribution in [0.2, 0.25) is 10.0 Å². The smallest absolute Gasteiger partial charge is 0.326 e. The van der Waals surface area contributed by atoms with Gasteiger partial charge < -0.3 is 10.2 Å². The van der Waals surface area contributed by atoms with E-state index in [1.54, 1.807) is 35.3 Å². The maximum atomic E-state index is 13.9. The molecule has 0 radical (unpaired) electrons. The van der Waals surface area contributed by atoms with Crippen LogP contribution < -0.4 is 5.32 Å². The van der Waals surface area contributed by atoms with E-state index >= 15 is 0 Å². The number of anilines is 1. The van der Waals surface area contributed by atoms with E-state index in [4.69, 9.17) is 23.2 Å². The van der Waals surface area contributed by atoms with E-state index in [-0.39, 0.29) is 34.3 Å². The number of carbonyl (C=O) groups is 1. The molecule has 0 spiro atoms. The number of rotatable bonds is 6. The Balaban J connectivity index is 1.32. The summed E-state index contributed by atoms with van der Waals surface area (Å²) in [6.07, 6.45) is -1.54. The second-order valence-corrected chi connectivity index (χ2v) is 10.3. The number of alkyl halides is 3. The number of likely N-dealkylation sites (N-methyl/N-ethyl adjacent to an activating group) is 1. The summed E-state index contributed by atoms with van der Waals surface area (Å²) >= 11 is 13.0. The topological polar surface area (TPSA) is 66.3 Å². The first kappa shape index (κ1) is 27.4. The van der Waals surface area contributed by atoms with Gasteiger partial charge in [-0.2, -0.15) is 13.2 Å². The Bertz CT molecular complexity index is 1490. The molecule has 7 nitrogen and oxygen atoms in total. The molecule has 1 aliphatic rings. The Morgan fingerprint density at radius 3 is 2.44 bits per heavy atom. The number of fused-ring (bicyclic) bond motifs is 1. The summed E-state index contributed by atoms with van der Waals surface area (Å²) < 4.78 is 43.4. The van der Waals surface area contributed by atoms with Gasteiger partial charge in [-0.25, -0.2) is 9.97 Å². The van der Waals surface area contributed by atoms with Crippen LogP contribution in [-0.2, 0) is 23.9 Å². The third-order valence-electron chi connectivity index (χ3n) is 6.74. The molecule has 0 unspecified atom stereocenters. The lowest BCUT2D eigenvalue weighted by molar-refractivity contribution is -0.138. The molecule has 5 rings (SSSR count). The summed E-state index contributed by atoms with van der Waals surface area (Å²) in [5, 5.41) is 3.04. The number of halogens is 5. The van der Waals surface area contributed by atoms with Gasteiger partial charge in [-0.3, -0.25) is 14.3 Å². The van der Waals surface area contributed by atoms with Gasteiger partial charge in [0.15, 0.2) is 5.65 Å². The van der Waals surface area contributed by atoms with Crippen molar-refractivity contribution in [2.45, 2.75) is 19.1 Å². The van der Waals surface area contributed by atoms with Crippen molar-refractivity contribution in [3.63, 3.8) is 0 Å². The maximum absolute atomic E-state index is 13.9. The maximum Gasteiger partial charge on any atom is 0.416 e. The molecule has 1 saturated heterocycles. The normalized spacial score (nSPS) is 15.1. The summed E-state index contributed by atoms with van der Waals surface area (Å²) in [5.41, 5.74) is 1.75. The van der Waals surface area contributed by atoms with Gasteiger partial charge >= 0.3 is 6.18 Å². The number of nitrogens with one attached hydrogen (secondary N) is 1. The average Bonchev–Trinajstić information content (AvgIpc) is 3.32. The Hall–Kier alpha value is -3.18. The molecule has 0 aliphatic carbocycles. The van der Waals surface area contributed by atoms with Gasteiger partial charge in [0, 0.05) is 54.7 Å². The number of amides is 1. The fourth-order valence-electron chi connectivity index (χ4n) is 4.60. The van der Waals surface area contributed by atoms with E-state index < -0.39 is 17.6 Å². The molecule has 1 fully saturated rings. The predicted octanol–water partition coefficient (Wildman–Crippen LogP) is 5.67. The van der Waals surface area contributed by atoms with Crippen LogP contribution >= 0.6 is 23.2 Å². The van der Waals surface area contributed by atoms with E-state index in [1.165, 1.54) is 12.1 Å². The second-order valence-electron chi connectivity index (χ2n) is 9.52. The van der Waals surface area contributed by atoms with Crippen molar-refractivity contribution in [1.29, 1.82) is 0 Å². The molecule has 2 aromatic heterocycles. The van der Waals surface area contributed by atoms with Crippen molar-refractivity contribution >= 4 is 46.0 Å². The van der Waals surface area contributed by atoms with Crippen LogP contribution in [0.4, 0.5) is 18.9 Å². The molecule has 0 bridgehead atoms. The number of benzene rings is 2. The summed E-state index contributed by atoms with van der Waals surface area (Å²) in [4.78, 5) is 25.6. The van der Waals surface area contributed by atoms with E-state index in [2.05, 4.69) is 20.2 Å². The van der Waals surface area contributed by atoms with Gasteiger partial charge in [0.2, 0.25) is 5.91 Å². The zero-order chi connectivity index (χ0) is 27.7. The first-order valence-corrected chi connectivity index (χ1v) is 13.0. The molecule has 1 N–H and O–H groups in total. The van der Waals surface area contributed by atoms with Crippen LogP contribution in [0.15, 0.2) is 55.0 Å². The number of aromatic nitrogens is 3. The number of carbonyl (C=O) groups excluding carboxylic acids is 1. The average molecular weight is 577 g/mol. The monoisotopic (exact) mass is 576 g/mol. The summed E-state index contributed by atoms with van der Waals surface area (Å²) in [6, 6.07) is 10.8. The predicted molar refractivity (Wildman–Crippen MR) is 145 cm³/mol. The van der Waals surface area contributed by atoms with Gasteiger partial charge in [0.05, 0.1) is 17.7 Å². The third-order valence-corrected chi connectivity index (χ3v) is 7.41. The quantitative estimate of drug-likeness (QED) is 0.320. The van der Waals surface area contributed by atoms with Crippen molar-refractivity contribution in [1.82, 2.24) is 24.3 Å². The minimum Gasteiger partial charge on any atom is -0.326 e. The number of nitrogens with zero attached hydrogens (tertiary/aromatic N) is 5. The van der Waals surface area contributed by atoms with Crippen molar-refractivity contribution in [3.8, 4) is 5.69 Å². The van der Waals surface area contributed by atoms with Crippen LogP contribution in [0.1, 0.15) is 16.7 Å². The van der Waals surface area contributed by atoms with E-state index in [1.807, 2.05) is 18.0 Å². The molecule has 1 amide bonds. The number of imidazole rings is 1. The fraction of sp³-hybridized carbons (Fsp3) is 0.296. The molecule has 39 heavy (non-hydrogen) atoms. The van der Waals surface area contributed by atoms with Crippen LogP contribution in [0, 0.1) is 0 Å². The highest BCUT2D eigenvalue weighted by atomic mass is 35.5. The van der Waals surface area contributed by atoms with Crippen LogP contribution in [0.5, 0.6) is 0 Å². The number of pyridine rings is 1. The van der Waals surface area contributed by atoms with Crippen molar-refractivity contribution in [2.75, 3.05) is 38.5 Å². The SMILES string of the molecule is CN1CCN(Cc2ccc(NC(=O)Cc3c(Cl)cc(-n4cnc5cccnc54)cc3Cl)cc2C(F)(F)F)CC1. The molecular weight excluding hydrogens is 552 g/mol. The number of piperazine rings is 1. The molecule has 0 saturated carbocycles. The van der Waals surface area contributed by atoms with Crippen LogP contribution in [0.25, 0.3) is 16.9 Å². The van der Waals surface area contributed by atoms with Crippen molar-refractivity contribution in [3.05, 3.63) is 81.7 Å². The van der Waals surface area contributed by atoms with E-state index in [9.17, 15) is 18.0 Å². The van der Waals surface area contributed by atoms with Crippen LogP contribution in [0.3, 0.4) is 0 Å².